The number of sulfonamides is 1. The Bertz CT molecular complexity index is 1800. The number of hydrogen-bond donors (Lipinski definition) is 0. The zero-order chi connectivity index (χ0) is 26.2. The fraction of sp³-hybridized carbons (Fsp3) is 0.172. The molecule has 0 aliphatic rings. The molecule has 0 atom stereocenters. The van der Waals surface area contributed by atoms with Crippen molar-refractivity contribution < 1.29 is 8.42 Å². The summed E-state index contributed by atoms with van der Waals surface area (Å²) < 4.78 is 31.3. The first-order chi connectivity index (χ1) is 17.8. The number of fused-ring (bicyclic) bond motifs is 2. The second-order valence-corrected chi connectivity index (χ2v) is 10.7. The van der Waals surface area contributed by atoms with E-state index in [9.17, 15) is 13.2 Å². The van der Waals surface area contributed by atoms with E-state index in [-0.39, 0.29) is 10.5 Å². The van der Waals surface area contributed by atoms with Crippen LogP contribution < -0.4 is 5.56 Å². The number of nitrogens with zero attached hydrogens (tertiary/aromatic N) is 4. The van der Waals surface area contributed by atoms with Crippen LogP contribution in [0.15, 0.2) is 88.7 Å². The van der Waals surface area contributed by atoms with Gasteiger partial charge in [-0.25, -0.2) is 13.4 Å². The van der Waals surface area contributed by atoms with Gasteiger partial charge in [-0.1, -0.05) is 44.2 Å². The molecule has 0 radical (unpaired) electrons. The molecule has 0 saturated heterocycles. The van der Waals surface area contributed by atoms with Crippen LogP contribution in [0.2, 0.25) is 0 Å². The maximum Gasteiger partial charge on any atom is 0.266 e. The van der Waals surface area contributed by atoms with E-state index in [1.165, 1.54) is 4.31 Å². The van der Waals surface area contributed by atoms with E-state index < -0.39 is 10.0 Å². The lowest BCUT2D eigenvalue weighted by atomic mass is 10.1. The van der Waals surface area contributed by atoms with Gasteiger partial charge in [-0.3, -0.25) is 9.36 Å². The number of para-hydroxylation sites is 2. The molecule has 0 fully saturated rings. The molecule has 0 spiro atoms. The molecule has 0 saturated carbocycles. The highest BCUT2D eigenvalue weighted by atomic mass is 32.2. The van der Waals surface area contributed by atoms with Gasteiger partial charge in [-0.15, -0.1) is 0 Å². The summed E-state index contributed by atoms with van der Waals surface area (Å²) in [6.45, 7) is 4.48. The van der Waals surface area contributed by atoms with Gasteiger partial charge in [0.1, 0.15) is 5.82 Å². The Morgan fingerprint density at radius 3 is 2.32 bits per heavy atom. The molecule has 2 aromatic heterocycles. The third-order valence-electron chi connectivity index (χ3n) is 6.56. The van der Waals surface area contributed by atoms with Gasteiger partial charge in [-0.2, -0.15) is 4.31 Å². The van der Waals surface area contributed by atoms with Gasteiger partial charge < -0.3 is 4.57 Å². The summed E-state index contributed by atoms with van der Waals surface area (Å²) in [4.78, 5) is 18.5. The highest BCUT2D eigenvalue weighted by Gasteiger charge is 2.22. The normalized spacial score (nSPS) is 12.3. The smallest absolute Gasteiger partial charge is 0.266 e. The Labute approximate surface area is 216 Å². The lowest BCUT2D eigenvalue weighted by Crippen LogP contribution is -2.30. The van der Waals surface area contributed by atoms with E-state index in [0.717, 1.165) is 22.2 Å². The fourth-order valence-corrected chi connectivity index (χ4v) is 6.14. The minimum atomic E-state index is -3.60. The Morgan fingerprint density at radius 2 is 1.59 bits per heavy atom. The van der Waals surface area contributed by atoms with E-state index in [1.54, 1.807) is 28.8 Å². The molecule has 2 heterocycles. The van der Waals surface area contributed by atoms with Crippen LogP contribution in [0.1, 0.15) is 25.2 Å². The molecule has 5 rings (SSSR count). The fourth-order valence-electron chi connectivity index (χ4n) is 4.66. The largest absolute Gasteiger partial charge is 0.350 e. The highest BCUT2D eigenvalue weighted by Crippen LogP contribution is 2.27. The Morgan fingerprint density at radius 1 is 0.892 bits per heavy atom. The van der Waals surface area contributed by atoms with Crippen LogP contribution in [0.25, 0.3) is 39.6 Å². The van der Waals surface area contributed by atoms with E-state index in [1.807, 2.05) is 92.3 Å². The van der Waals surface area contributed by atoms with Crippen molar-refractivity contribution in [3.8, 4) is 5.69 Å². The van der Waals surface area contributed by atoms with Gasteiger partial charge in [0.05, 0.1) is 21.5 Å². The lowest BCUT2D eigenvalue weighted by Gasteiger charge is -2.18. The van der Waals surface area contributed by atoms with E-state index in [4.69, 9.17) is 4.98 Å². The Kier molecular flexibility index (Phi) is 6.54. The molecule has 7 nitrogen and oxygen atoms in total. The SMILES string of the molecule is CCN(CC)S(=O)(=O)c1ccc2c(c1)c(C=Cc1nc3ccccc3c(=O)n1-c1ccccc1)cn2C. The zero-order valence-corrected chi connectivity index (χ0v) is 21.8. The van der Waals surface area contributed by atoms with Crippen molar-refractivity contribution >= 4 is 44.0 Å². The summed E-state index contributed by atoms with van der Waals surface area (Å²) >= 11 is 0. The summed E-state index contributed by atoms with van der Waals surface area (Å²) in [6.07, 6.45) is 5.63. The highest BCUT2D eigenvalue weighted by molar-refractivity contribution is 7.89. The molecular formula is C29H28N4O3S. The predicted octanol–water partition coefficient (Wildman–Crippen LogP) is 5.08. The van der Waals surface area contributed by atoms with Crippen molar-refractivity contribution in [2.45, 2.75) is 18.7 Å². The average Bonchev–Trinajstić information content (AvgIpc) is 3.23. The van der Waals surface area contributed by atoms with Crippen molar-refractivity contribution in [1.82, 2.24) is 18.4 Å². The topological polar surface area (TPSA) is 77.2 Å². The van der Waals surface area contributed by atoms with E-state index in [2.05, 4.69) is 0 Å². The molecule has 0 aliphatic carbocycles. The Balaban J connectivity index is 1.67. The molecule has 0 bridgehead atoms. The maximum absolute atomic E-state index is 13.5. The minimum Gasteiger partial charge on any atom is -0.350 e. The lowest BCUT2D eigenvalue weighted by molar-refractivity contribution is 0.445. The Hall–Kier alpha value is -4.01. The summed E-state index contributed by atoms with van der Waals surface area (Å²) in [6, 6.07) is 21.9. The number of aryl methyl sites for hydroxylation is 1. The van der Waals surface area contributed by atoms with Crippen LogP contribution in [0.3, 0.4) is 0 Å². The van der Waals surface area contributed by atoms with Crippen LogP contribution in [0.4, 0.5) is 0 Å². The average molecular weight is 513 g/mol. The molecule has 0 unspecified atom stereocenters. The summed E-state index contributed by atoms with van der Waals surface area (Å²) in [7, 11) is -1.67. The molecule has 8 heteroatoms. The molecule has 3 aromatic carbocycles. The molecular weight excluding hydrogens is 484 g/mol. The molecule has 5 aromatic rings. The summed E-state index contributed by atoms with van der Waals surface area (Å²) in [5.74, 6) is 0.485. The maximum atomic E-state index is 13.5. The quantitative estimate of drug-likeness (QED) is 0.305. The van der Waals surface area contributed by atoms with Gasteiger partial charge in [-0.05, 0) is 54.6 Å². The van der Waals surface area contributed by atoms with Crippen molar-refractivity contribution in [3.63, 3.8) is 0 Å². The number of hydrogen-bond acceptors (Lipinski definition) is 4. The standard InChI is InChI=1S/C29H28N4O3S/c1-4-32(5-2)37(35,36)23-16-17-27-25(19-23)21(20-31(27)3)15-18-28-30-26-14-10-9-13-24(26)29(34)33(28)22-11-7-6-8-12-22/h6-20H,4-5H2,1-3H3. The van der Waals surface area contributed by atoms with Crippen LogP contribution >= 0.6 is 0 Å². The first-order valence-corrected chi connectivity index (χ1v) is 13.6. The zero-order valence-electron chi connectivity index (χ0n) is 21.0. The first-order valence-electron chi connectivity index (χ1n) is 12.2. The van der Waals surface area contributed by atoms with Crippen molar-refractivity contribution in [1.29, 1.82) is 0 Å². The minimum absolute atomic E-state index is 0.151. The molecule has 0 N–H and O–H groups in total. The van der Waals surface area contributed by atoms with Gasteiger partial charge >= 0.3 is 0 Å². The second kappa shape index (κ2) is 9.80. The molecule has 188 valence electrons. The molecule has 0 amide bonds. The van der Waals surface area contributed by atoms with Crippen LogP contribution in [0.5, 0.6) is 0 Å². The van der Waals surface area contributed by atoms with Crippen LogP contribution in [-0.2, 0) is 17.1 Å². The van der Waals surface area contributed by atoms with Gasteiger partial charge in [0, 0.05) is 42.8 Å². The van der Waals surface area contributed by atoms with E-state index in [0.29, 0.717) is 29.8 Å². The number of aromatic nitrogens is 3. The molecule has 0 aliphatic heterocycles. The van der Waals surface area contributed by atoms with Crippen molar-refractivity contribution in [3.05, 3.63) is 101 Å². The monoisotopic (exact) mass is 512 g/mol. The number of benzene rings is 3. The van der Waals surface area contributed by atoms with Crippen molar-refractivity contribution in [2.24, 2.45) is 7.05 Å². The third kappa shape index (κ3) is 4.39. The van der Waals surface area contributed by atoms with Gasteiger partial charge in [0.15, 0.2) is 0 Å². The summed E-state index contributed by atoms with van der Waals surface area (Å²) in [5, 5.41) is 1.35. The van der Waals surface area contributed by atoms with Crippen molar-refractivity contribution in [2.75, 3.05) is 13.1 Å². The molecule has 37 heavy (non-hydrogen) atoms. The van der Waals surface area contributed by atoms with Gasteiger partial charge in [0.25, 0.3) is 5.56 Å². The number of rotatable bonds is 7. The van der Waals surface area contributed by atoms with E-state index >= 15 is 0 Å². The second-order valence-electron chi connectivity index (χ2n) is 8.76. The van der Waals surface area contributed by atoms with Crippen LogP contribution in [-0.4, -0.2) is 39.9 Å². The summed E-state index contributed by atoms with van der Waals surface area (Å²) in [5.41, 5.74) is 2.92. The van der Waals surface area contributed by atoms with Gasteiger partial charge in [0.2, 0.25) is 10.0 Å². The van der Waals surface area contributed by atoms with Crippen LogP contribution in [0, 0.1) is 0 Å². The predicted molar refractivity (Wildman–Crippen MR) is 149 cm³/mol. The third-order valence-corrected chi connectivity index (χ3v) is 8.61. The first kappa shape index (κ1) is 24.7.